The predicted molar refractivity (Wildman–Crippen MR) is 183 cm³/mol. The van der Waals surface area contributed by atoms with Crippen molar-refractivity contribution in [2.75, 3.05) is 54.0 Å². The molecule has 14 atom stereocenters. The molecule has 8 heteroatoms. The van der Waals surface area contributed by atoms with Gasteiger partial charge in [0.15, 0.2) is 6.29 Å². The average molecular weight is 661 g/mol. The van der Waals surface area contributed by atoms with Crippen LogP contribution >= 0.6 is 0 Å². The number of aliphatic hydroxyl groups is 2. The number of morpholine rings is 1. The van der Waals surface area contributed by atoms with Crippen LogP contribution in [0.5, 0.6) is 0 Å². The highest BCUT2D eigenvalue weighted by Crippen LogP contribution is 2.89. The number of hydrogen-bond acceptors (Lipinski definition) is 8. The average Bonchev–Trinajstić information content (AvgIpc) is 3.62. The summed E-state index contributed by atoms with van der Waals surface area (Å²) in [4.78, 5) is 4.76. The van der Waals surface area contributed by atoms with Crippen LogP contribution in [-0.2, 0) is 18.9 Å². The van der Waals surface area contributed by atoms with Crippen molar-refractivity contribution >= 4 is 0 Å². The summed E-state index contributed by atoms with van der Waals surface area (Å²) in [6.07, 6.45) is 8.09. The van der Waals surface area contributed by atoms with Gasteiger partial charge in [-0.3, -0.25) is 4.90 Å². The number of methoxy groups -OCH3 is 1. The molecule has 7 rings (SSSR count). The summed E-state index contributed by atoms with van der Waals surface area (Å²) in [5, 5.41) is 23.5. The topological polar surface area (TPSA) is 83.9 Å². The van der Waals surface area contributed by atoms with Crippen LogP contribution in [0.3, 0.4) is 0 Å². The van der Waals surface area contributed by atoms with Gasteiger partial charge < -0.3 is 34.1 Å². The van der Waals surface area contributed by atoms with Gasteiger partial charge in [0.1, 0.15) is 6.10 Å². The first-order valence-corrected chi connectivity index (χ1v) is 19.2. The zero-order chi connectivity index (χ0) is 33.9. The molecule has 2 N–H and O–H groups in total. The Morgan fingerprint density at radius 3 is 2.40 bits per heavy atom. The fourth-order valence-corrected chi connectivity index (χ4v) is 14.1. The molecule has 7 aliphatic rings. The number of likely N-dealkylation sites (N-methyl/N-ethyl adjacent to an activating group) is 1. The summed E-state index contributed by atoms with van der Waals surface area (Å²) < 4.78 is 25.9. The Morgan fingerprint density at radius 1 is 1.02 bits per heavy atom. The lowest BCUT2D eigenvalue weighted by atomic mass is 9.41. The smallest absolute Gasteiger partial charge is 0.170 e. The van der Waals surface area contributed by atoms with Crippen LogP contribution in [0, 0.1) is 50.7 Å². The van der Waals surface area contributed by atoms with Crippen LogP contribution in [0.25, 0.3) is 0 Å². The van der Waals surface area contributed by atoms with Crippen molar-refractivity contribution in [1.29, 1.82) is 0 Å². The van der Waals surface area contributed by atoms with E-state index < -0.39 is 17.8 Å². The van der Waals surface area contributed by atoms with Gasteiger partial charge in [-0.05, 0) is 125 Å². The maximum absolute atomic E-state index is 12.6. The Kier molecular flexibility index (Phi) is 8.66. The van der Waals surface area contributed by atoms with Gasteiger partial charge in [0, 0.05) is 38.7 Å². The molecule has 1 unspecified atom stereocenters. The summed E-state index contributed by atoms with van der Waals surface area (Å²) in [7, 11) is 5.96. The third-order valence-electron chi connectivity index (χ3n) is 16.4. The Balaban J connectivity index is 1.10. The van der Waals surface area contributed by atoms with Crippen LogP contribution < -0.4 is 0 Å². The maximum atomic E-state index is 12.6. The SMILES string of the molecule is CO[C@@H]([C@H]1C[C@@H](C)[C@H]2[C@H](O1)[C@H](O)[C@@]1(C)[C@@H]3CC[C@H]4C(C)(C)[C@@H](O[C@H]5CN(CCN(C)C)CCO5)CCC45C[C@@]35CC[C@]21C)C(C)(C)O. The number of hydrogen-bond donors (Lipinski definition) is 2. The summed E-state index contributed by atoms with van der Waals surface area (Å²) in [5.41, 5.74) is -0.419. The Labute approximate surface area is 285 Å². The monoisotopic (exact) mass is 661 g/mol. The van der Waals surface area contributed by atoms with Crippen molar-refractivity contribution in [1.82, 2.24) is 9.80 Å². The Hall–Kier alpha value is -0.320. The lowest BCUT2D eigenvalue weighted by Crippen LogP contribution is -2.60. The molecule has 5 saturated carbocycles. The minimum atomic E-state index is -1.01. The second-order valence-electron chi connectivity index (χ2n) is 19.4. The lowest BCUT2D eigenvalue weighted by Gasteiger charge is -2.64. The van der Waals surface area contributed by atoms with E-state index in [4.69, 9.17) is 18.9 Å². The molecule has 0 bridgehead atoms. The minimum Gasteiger partial charge on any atom is -0.390 e. The Bertz CT molecular complexity index is 1170. The maximum Gasteiger partial charge on any atom is 0.170 e. The molecule has 2 spiro atoms. The number of rotatable bonds is 8. The minimum absolute atomic E-state index is 0.0257. The first-order chi connectivity index (χ1) is 22.0. The highest BCUT2D eigenvalue weighted by Gasteiger charge is 2.84. The molecule has 270 valence electrons. The van der Waals surface area contributed by atoms with E-state index in [2.05, 4.69) is 58.5 Å². The van der Waals surface area contributed by atoms with Crippen LogP contribution in [0.1, 0.15) is 99.8 Å². The van der Waals surface area contributed by atoms with Crippen LogP contribution in [0.4, 0.5) is 0 Å². The standard InChI is InChI=1S/C39H68N2O6/c1-24-21-25(33(44-10)35(4,5)43)46-31-30(24)36(6)15-16-39-23-38(39)14-13-28(47-29-22-41(19-20-45-29)18-17-40(8)9)34(2,3)26(38)11-12-27(39)37(36,7)32(31)42/h24-33,42-43H,11-23H2,1-10H3/t24-,25-,26+,27+,28+,29+,30+,31+,32+,33+,36-,37-,38?,39+/m1/s1. The molecule has 0 aromatic carbocycles. The van der Waals surface area contributed by atoms with E-state index in [9.17, 15) is 10.2 Å². The highest BCUT2D eigenvalue weighted by atomic mass is 16.7. The largest absolute Gasteiger partial charge is 0.390 e. The van der Waals surface area contributed by atoms with Gasteiger partial charge >= 0.3 is 0 Å². The molecular weight excluding hydrogens is 592 g/mol. The Morgan fingerprint density at radius 2 is 1.72 bits per heavy atom. The number of nitrogens with zero attached hydrogens (tertiary/aromatic N) is 2. The van der Waals surface area contributed by atoms with Crippen LogP contribution in [-0.4, -0.2) is 116 Å². The quantitative estimate of drug-likeness (QED) is 0.368. The molecule has 2 saturated heterocycles. The van der Waals surface area contributed by atoms with E-state index in [1.807, 2.05) is 13.8 Å². The summed E-state index contributed by atoms with van der Waals surface area (Å²) in [6.45, 7) is 20.7. The van der Waals surface area contributed by atoms with Crippen molar-refractivity contribution in [2.24, 2.45) is 50.7 Å². The van der Waals surface area contributed by atoms with Crippen molar-refractivity contribution in [2.45, 2.75) is 142 Å². The third kappa shape index (κ3) is 4.95. The van der Waals surface area contributed by atoms with Gasteiger partial charge in [0.2, 0.25) is 0 Å². The van der Waals surface area contributed by atoms with E-state index in [-0.39, 0.29) is 40.8 Å². The van der Waals surface area contributed by atoms with Crippen molar-refractivity contribution < 1.29 is 29.2 Å². The number of fused-ring (bicyclic) bond motifs is 4. The fraction of sp³-hybridized carbons (Fsp3) is 1.00. The summed E-state index contributed by atoms with van der Waals surface area (Å²) in [5.74, 6) is 1.86. The second-order valence-corrected chi connectivity index (χ2v) is 19.4. The fourth-order valence-electron chi connectivity index (χ4n) is 14.1. The number of ether oxygens (including phenoxy) is 4. The number of aliphatic hydroxyl groups excluding tert-OH is 1. The van der Waals surface area contributed by atoms with E-state index in [0.717, 1.165) is 45.6 Å². The van der Waals surface area contributed by atoms with E-state index in [0.29, 0.717) is 34.5 Å². The van der Waals surface area contributed by atoms with Gasteiger partial charge in [-0.15, -0.1) is 0 Å². The first-order valence-electron chi connectivity index (χ1n) is 19.2. The molecule has 0 aromatic rings. The van der Waals surface area contributed by atoms with Crippen molar-refractivity contribution in [3.8, 4) is 0 Å². The summed E-state index contributed by atoms with van der Waals surface area (Å²) >= 11 is 0. The molecule has 2 aliphatic heterocycles. The van der Waals surface area contributed by atoms with Crippen LogP contribution in [0.2, 0.25) is 0 Å². The van der Waals surface area contributed by atoms with Crippen LogP contribution in [0.15, 0.2) is 0 Å². The molecule has 2 heterocycles. The van der Waals surface area contributed by atoms with Gasteiger partial charge in [0.05, 0.1) is 36.6 Å². The summed E-state index contributed by atoms with van der Waals surface area (Å²) in [6, 6.07) is 0. The second kappa shape index (κ2) is 11.6. The molecule has 7 fully saturated rings. The molecule has 5 aliphatic carbocycles. The van der Waals surface area contributed by atoms with E-state index >= 15 is 0 Å². The molecule has 8 nitrogen and oxygen atoms in total. The first kappa shape index (κ1) is 35.1. The van der Waals surface area contributed by atoms with E-state index in [1.165, 1.54) is 38.5 Å². The molecule has 0 amide bonds. The van der Waals surface area contributed by atoms with Crippen molar-refractivity contribution in [3.05, 3.63) is 0 Å². The molecular formula is C39H68N2O6. The highest BCUT2D eigenvalue weighted by molar-refractivity contribution is 5.33. The van der Waals surface area contributed by atoms with Crippen molar-refractivity contribution in [3.63, 3.8) is 0 Å². The lowest BCUT2D eigenvalue weighted by molar-refractivity contribution is -0.249. The molecule has 0 aromatic heterocycles. The third-order valence-corrected chi connectivity index (χ3v) is 16.4. The van der Waals surface area contributed by atoms with Gasteiger partial charge in [0.25, 0.3) is 0 Å². The van der Waals surface area contributed by atoms with Gasteiger partial charge in [-0.1, -0.05) is 34.6 Å². The zero-order valence-corrected chi connectivity index (χ0v) is 31.4. The zero-order valence-electron chi connectivity index (χ0n) is 31.4. The predicted octanol–water partition coefficient (Wildman–Crippen LogP) is 5.19. The van der Waals surface area contributed by atoms with E-state index in [1.54, 1.807) is 7.11 Å². The molecule has 0 radical (unpaired) electrons. The molecule has 47 heavy (non-hydrogen) atoms. The normalized spacial score (nSPS) is 51.4. The van der Waals surface area contributed by atoms with Gasteiger partial charge in [-0.2, -0.15) is 0 Å². The van der Waals surface area contributed by atoms with Gasteiger partial charge in [-0.25, -0.2) is 0 Å².